The molecule has 0 radical (unpaired) electrons. The minimum absolute atomic E-state index is 0.0163. The molecule has 1 aliphatic carbocycles. The fourth-order valence-electron chi connectivity index (χ4n) is 3.36. The van der Waals surface area contributed by atoms with Crippen LogP contribution in [0.3, 0.4) is 0 Å². The molecule has 0 amide bonds. The van der Waals surface area contributed by atoms with E-state index in [2.05, 4.69) is 11.4 Å². The molecule has 0 spiro atoms. The normalized spacial score (nSPS) is 35.5. The molecule has 1 aliphatic heterocycles. The van der Waals surface area contributed by atoms with E-state index in [0.29, 0.717) is 10.0 Å². The number of aliphatic hydroxyl groups is 1. The topological polar surface area (TPSA) is 32.3 Å². The Balaban J connectivity index is 2.01. The number of halogens is 2. The van der Waals surface area contributed by atoms with Gasteiger partial charge in [-0.3, -0.25) is 0 Å². The van der Waals surface area contributed by atoms with Gasteiger partial charge in [-0.2, -0.15) is 0 Å². The molecule has 17 heavy (non-hydrogen) atoms. The van der Waals surface area contributed by atoms with Crippen LogP contribution in [0.15, 0.2) is 18.2 Å². The molecule has 1 saturated heterocycles. The van der Waals surface area contributed by atoms with Gasteiger partial charge in [0, 0.05) is 17.4 Å². The van der Waals surface area contributed by atoms with Gasteiger partial charge in [0.25, 0.3) is 0 Å². The van der Waals surface area contributed by atoms with E-state index in [9.17, 15) is 5.11 Å². The van der Waals surface area contributed by atoms with Gasteiger partial charge in [-0.05, 0) is 37.1 Å². The zero-order valence-electron chi connectivity index (χ0n) is 9.47. The van der Waals surface area contributed by atoms with Gasteiger partial charge in [-0.15, -0.1) is 0 Å². The molecule has 3 rings (SSSR count). The highest BCUT2D eigenvalue weighted by molar-refractivity contribution is 6.42. The lowest BCUT2D eigenvalue weighted by Crippen LogP contribution is -2.40. The van der Waals surface area contributed by atoms with Gasteiger partial charge in [0.2, 0.25) is 0 Å². The quantitative estimate of drug-likeness (QED) is 0.867. The Morgan fingerprint density at radius 1 is 1.29 bits per heavy atom. The Labute approximate surface area is 111 Å². The molecule has 1 heterocycles. The molecule has 2 nitrogen and oxygen atoms in total. The Morgan fingerprint density at radius 3 is 2.82 bits per heavy atom. The van der Waals surface area contributed by atoms with Crippen molar-refractivity contribution < 1.29 is 5.11 Å². The average molecular weight is 272 g/mol. The average Bonchev–Trinajstić information content (AvgIpc) is 3.04. The molecule has 1 aromatic carbocycles. The minimum atomic E-state index is 0.0163. The number of hydrogen-bond acceptors (Lipinski definition) is 2. The van der Waals surface area contributed by atoms with Crippen LogP contribution in [-0.4, -0.2) is 24.8 Å². The number of fused-ring (bicyclic) bond motifs is 1. The van der Waals surface area contributed by atoms with Crippen LogP contribution in [0.1, 0.15) is 18.4 Å². The predicted octanol–water partition coefficient (Wildman–Crippen LogP) is 2.61. The molecule has 2 N–H and O–H groups in total. The molecule has 1 saturated carbocycles. The van der Waals surface area contributed by atoms with Crippen molar-refractivity contribution in [1.29, 1.82) is 0 Å². The van der Waals surface area contributed by atoms with Gasteiger partial charge in [-0.25, -0.2) is 0 Å². The molecule has 1 unspecified atom stereocenters. The summed E-state index contributed by atoms with van der Waals surface area (Å²) in [4.78, 5) is 0. The monoisotopic (exact) mass is 271 g/mol. The third kappa shape index (κ3) is 1.55. The van der Waals surface area contributed by atoms with Gasteiger partial charge in [0.05, 0.1) is 16.7 Å². The van der Waals surface area contributed by atoms with Crippen molar-refractivity contribution in [2.45, 2.75) is 18.3 Å². The van der Waals surface area contributed by atoms with Gasteiger partial charge in [-0.1, -0.05) is 29.3 Å². The maximum Gasteiger partial charge on any atom is 0.0595 e. The van der Waals surface area contributed by atoms with E-state index >= 15 is 0 Å². The van der Waals surface area contributed by atoms with Crippen LogP contribution in [-0.2, 0) is 5.41 Å². The highest BCUT2D eigenvalue weighted by Crippen LogP contribution is 2.67. The van der Waals surface area contributed by atoms with Gasteiger partial charge < -0.3 is 10.4 Å². The van der Waals surface area contributed by atoms with Crippen molar-refractivity contribution in [1.82, 2.24) is 5.32 Å². The Hall–Kier alpha value is -0.280. The van der Waals surface area contributed by atoms with E-state index < -0.39 is 0 Å². The lowest BCUT2D eigenvalue weighted by Gasteiger charge is -2.30. The number of nitrogens with one attached hydrogen (secondary N) is 1. The van der Waals surface area contributed by atoms with Crippen molar-refractivity contribution >= 4 is 23.2 Å². The molecule has 92 valence electrons. The summed E-state index contributed by atoms with van der Waals surface area (Å²) in [6.07, 6.45) is 2.10. The second kappa shape index (κ2) is 3.86. The first-order valence-electron chi connectivity index (χ1n) is 5.91. The standard InChI is InChI=1S/C13H15Cl2NO/c14-10-2-1-9(5-11(10)15)13-3-4-16-7-12(13,6-13)8-17/h1-2,5,16-17H,3-4,6-8H2/t12-,13?/m1/s1. The molecule has 4 heteroatoms. The summed E-state index contributed by atoms with van der Waals surface area (Å²) < 4.78 is 0. The third-order valence-electron chi connectivity index (χ3n) is 4.50. The SMILES string of the molecule is OC[C@@]12CNCCC1(c1ccc(Cl)c(Cl)c1)C2. The molecule has 2 atom stereocenters. The maximum atomic E-state index is 9.64. The largest absolute Gasteiger partial charge is 0.396 e. The summed E-state index contributed by atoms with van der Waals surface area (Å²) in [5.41, 5.74) is 1.35. The van der Waals surface area contributed by atoms with Crippen molar-refractivity contribution in [2.75, 3.05) is 19.7 Å². The van der Waals surface area contributed by atoms with Crippen molar-refractivity contribution in [3.05, 3.63) is 33.8 Å². The van der Waals surface area contributed by atoms with Crippen LogP contribution in [0.4, 0.5) is 0 Å². The molecular weight excluding hydrogens is 257 g/mol. The number of rotatable bonds is 2. The highest BCUT2D eigenvalue weighted by atomic mass is 35.5. The first-order valence-corrected chi connectivity index (χ1v) is 6.66. The van der Waals surface area contributed by atoms with Crippen molar-refractivity contribution in [2.24, 2.45) is 5.41 Å². The molecule has 1 aromatic rings. The highest BCUT2D eigenvalue weighted by Gasteiger charge is 2.68. The second-order valence-corrected chi connectivity index (χ2v) is 6.07. The fraction of sp³-hybridized carbons (Fsp3) is 0.538. The molecule has 2 aliphatic rings. The van der Waals surface area contributed by atoms with Crippen LogP contribution in [0, 0.1) is 5.41 Å². The summed E-state index contributed by atoms with van der Waals surface area (Å²) >= 11 is 12.0. The zero-order chi connectivity index (χ0) is 12.1. The van der Waals surface area contributed by atoms with Gasteiger partial charge in [0.1, 0.15) is 0 Å². The van der Waals surface area contributed by atoms with Gasteiger partial charge >= 0.3 is 0 Å². The Bertz CT molecular complexity index is 465. The first-order chi connectivity index (χ1) is 8.13. The van der Waals surface area contributed by atoms with Crippen LogP contribution in [0.5, 0.6) is 0 Å². The van der Waals surface area contributed by atoms with Crippen LogP contribution < -0.4 is 5.32 Å². The molecular formula is C13H15Cl2NO. The van der Waals surface area contributed by atoms with Gasteiger partial charge in [0.15, 0.2) is 0 Å². The lowest BCUT2D eigenvalue weighted by atomic mass is 9.81. The van der Waals surface area contributed by atoms with Crippen LogP contribution in [0.2, 0.25) is 10.0 Å². The summed E-state index contributed by atoms with van der Waals surface area (Å²) in [5.74, 6) is 0. The van der Waals surface area contributed by atoms with E-state index in [1.54, 1.807) is 0 Å². The van der Waals surface area contributed by atoms with Crippen LogP contribution >= 0.6 is 23.2 Å². The van der Waals surface area contributed by atoms with Crippen molar-refractivity contribution in [3.8, 4) is 0 Å². The third-order valence-corrected chi connectivity index (χ3v) is 5.24. The Kier molecular flexibility index (Phi) is 2.67. The summed E-state index contributed by atoms with van der Waals surface area (Å²) in [6, 6.07) is 5.88. The smallest absolute Gasteiger partial charge is 0.0595 e. The molecule has 0 aromatic heterocycles. The molecule has 0 bridgehead atoms. The maximum absolute atomic E-state index is 9.64. The Morgan fingerprint density at radius 2 is 2.12 bits per heavy atom. The first kappa shape index (κ1) is 11.8. The minimum Gasteiger partial charge on any atom is -0.396 e. The predicted molar refractivity (Wildman–Crippen MR) is 69.8 cm³/mol. The summed E-state index contributed by atoms with van der Waals surface area (Å²) in [6.45, 7) is 2.13. The number of benzene rings is 1. The van der Waals surface area contributed by atoms with E-state index in [1.807, 2.05) is 12.1 Å². The van der Waals surface area contributed by atoms with Crippen LogP contribution in [0.25, 0.3) is 0 Å². The van der Waals surface area contributed by atoms with E-state index in [1.165, 1.54) is 5.56 Å². The molecule has 2 fully saturated rings. The lowest BCUT2D eigenvalue weighted by molar-refractivity contribution is 0.169. The fourth-order valence-corrected chi connectivity index (χ4v) is 3.66. The number of piperidine rings is 1. The summed E-state index contributed by atoms with van der Waals surface area (Å²) in [5, 5.41) is 14.2. The second-order valence-electron chi connectivity index (χ2n) is 5.25. The summed E-state index contributed by atoms with van der Waals surface area (Å²) in [7, 11) is 0. The van der Waals surface area contributed by atoms with E-state index in [-0.39, 0.29) is 17.4 Å². The van der Waals surface area contributed by atoms with E-state index in [0.717, 1.165) is 25.9 Å². The number of hydrogen-bond donors (Lipinski definition) is 2. The number of aliphatic hydroxyl groups excluding tert-OH is 1. The van der Waals surface area contributed by atoms with Crippen molar-refractivity contribution in [3.63, 3.8) is 0 Å². The van der Waals surface area contributed by atoms with E-state index in [4.69, 9.17) is 23.2 Å². The zero-order valence-corrected chi connectivity index (χ0v) is 11.0.